The van der Waals surface area contributed by atoms with Crippen LogP contribution in [0.4, 0.5) is 0 Å². The van der Waals surface area contributed by atoms with Crippen LogP contribution < -0.4 is 15.9 Å². The van der Waals surface area contributed by atoms with Gasteiger partial charge in [0.05, 0.1) is 7.11 Å². The number of allylic oxidation sites excluding steroid dienone is 4. The minimum Gasteiger partial charge on any atom is -0.469 e. The SMILES string of the molecule is COC(=O)CCC1C=CC=CC1=P(c1ccccc1)(c1ccccc1)c1ccccc1. The molecule has 0 heterocycles. The molecule has 0 fully saturated rings. The van der Waals surface area contributed by atoms with E-state index in [-0.39, 0.29) is 11.9 Å². The first-order valence-corrected chi connectivity index (χ1v) is 12.4. The Hall–Kier alpha value is -3.09. The summed E-state index contributed by atoms with van der Waals surface area (Å²) < 4.78 is 4.93. The van der Waals surface area contributed by atoms with Gasteiger partial charge in [-0.25, -0.2) is 0 Å². The molecule has 0 aliphatic heterocycles. The average Bonchev–Trinajstić information content (AvgIpc) is 2.86. The second kappa shape index (κ2) is 9.81. The molecule has 1 atom stereocenters. The lowest BCUT2D eigenvalue weighted by atomic mass is 9.95. The standard InChI is InChI=1S/C28H27O2P/c1-30-28(29)22-21-23-13-11-12-20-27(23)31(24-14-5-2-6-15-24,25-16-7-3-8-17-25)26-18-9-4-10-19-26/h2-20,23H,21-22H2,1H3. The maximum absolute atomic E-state index is 12.0. The Labute approximate surface area is 184 Å². The van der Waals surface area contributed by atoms with Gasteiger partial charge in [0, 0.05) is 12.3 Å². The van der Waals surface area contributed by atoms with Gasteiger partial charge in [0.15, 0.2) is 0 Å². The summed E-state index contributed by atoms with van der Waals surface area (Å²) in [5, 5.41) is 5.35. The number of methoxy groups -OCH3 is 1. The Bertz CT molecular complexity index is 1030. The molecule has 3 heteroatoms. The Balaban J connectivity index is 2.07. The molecule has 0 bridgehead atoms. The van der Waals surface area contributed by atoms with E-state index in [4.69, 9.17) is 4.74 Å². The highest BCUT2D eigenvalue weighted by molar-refractivity contribution is 7.95. The molecule has 2 nitrogen and oxygen atoms in total. The van der Waals surface area contributed by atoms with Crippen molar-refractivity contribution in [2.45, 2.75) is 12.8 Å². The number of rotatable bonds is 6. The summed E-state index contributed by atoms with van der Waals surface area (Å²) in [4.78, 5) is 12.0. The van der Waals surface area contributed by atoms with E-state index in [9.17, 15) is 4.79 Å². The van der Waals surface area contributed by atoms with E-state index in [0.29, 0.717) is 6.42 Å². The largest absolute Gasteiger partial charge is 0.469 e. The molecule has 0 saturated heterocycles. The predicted octanol–water partition coefficient (Wildman–Crippen LogP) is 4.85. The van der Waals surface area contributed by atoms with Gasteiger partial charge in [0.25, 0.3) is 0 Å². The minimum atomic E-state index is -2.13. The quantitative estimate of drug-likeness (QED) is 0.416. The van der Waals surface area contributed by atoms with Crippen molar-refractivity contribution in [3.63, 3.8) is 0 Å². The highest BCUT2D eigenvalue weighted by Gasteiger charge is 2.32. The topological polar surface area (TPSA) is 26.3 Å². The Morgan fingerprint density at radius 2 is 1.26 bits per heavy atom. The van der Waals surface area contributed by atoms with Gasteiger partial charge in [0.2, 0.25) is 0 Å². The van der Waals surface area contributed by atoms with Gasteiger partial charge in [-0.15, -0.1) is 0 Å². The normalized spacial score (nSPS) is 15.6. The Morgan fingerprint density at radius 1 is 0.774 bits per heavy atom. The van der Waals surface area contributed by atoms with Crippen molar-refractivity contribution in [1.29, 1.82) is 0 Å². The second-order valence-electron chi connectivity index (χ2n) is 7.57. The molecule has 0 saturated carbocycles. The number of esters is 1. The molecule has 31 heavy (non-hydrogen) atoms. The molecule has 0 N–H and O–H groups in total. The van der Waals surface area contributed by atoms with Crippen molar-refractivity contribution in [1.82, 2.24) is 0 Å². The first-order valence-electron chi connectivity index (χ1n) is 10.6. The molecule has 0 spiro atoms. The molecule has 1 aliphatic rings. The lowest BCUT2D eigenvalue weighted by Gasteiger charge is -2.35. The van der Waals surface area contributed by atoms with E-state index >= 15 is 0 Å². The van der Waals surface area contributed by atoms with Crippen molar-refractivity contribution < 1.29 is 9.53 Å². The number of ether oxygens (including phenoxy) is 1. The van der Waals surface area contributed by atoms with Crippen LogP contribution in [0, 0.1) is 5.92 Å². The highest BCUT2D eigenvalue weighted by atomic mass is 31.2. The predicted molar refractivity (Wildman–Crippen MR) is 133 cm³/mol. The molecule has 0 radical (unpaired) electrons. The molecule has 156 valence electrons. The van der Waals surface area contributed by atoms with E-state index in [1.165, 1.54) is 28.3 Å². The second-order valence-corrected chi connectivity index (χ2v) is 11.0. The zero-order chi connectivity index (χ0) is 21.5. The molecular formula is C28H27O2P. The molecule has 4 rings (SSSR count). The van der Waals surface area contributed by atoms with Crippen LogP contribution in [0.3, 0.4) is 0 Å². The van der Waals surface area contributed by atoms with Crippen LogP contribution in [0.5, 0.6) is 0 Å². The van der Waals surface area contributed by atoms with E-state index in [1.807, 2.05) is 0 Å². The van der Waals surface area contributed by atoms with Crippen molar-refractivity contribution in [2.75, 3.05) is 7.11 Å². The maximum Gasteiger partial charge on any atom is 0.305 e. The summed E-state index contributed by atoms with van der Waals surface area (Å²) >= 11 is 0. The number of carbonyl (C=O) groups is 1. The monoisotopic (exact) mass is 426 g/mol. The molecule has 0 aromatic heterocycles. The molecular weight excluding hydrogens is 399 g/mol. The summed E-state index contributed by atoms with van der Waals surface area (Å²) in [6.45, 7) is -2.13. The Kier molecular flexibility index (Phi) is 6.70. The molecule has 3 aromatic rings. The smallest absolute Gasteiger partial charge is 0.305 e. The van der Waals surface area contributed by atoms with Crippen LogP contribution in [0.15, 0.2) is 115 Å². The fraction of sp³-hybridized carbons (Fsp3) is 0.143. The van der Waals surface area contributed by atoms with E-state index in [1.54, 1.807) is 0 Å². The molecule has 1 unspecified atom stereocenters. The van der Waals surface area contributed by atoms with E-state index in [2.05, 4.69) is 115 Å². The van der Waals surface area contributed by atoms with E-state index < -0.39 is 6.89 Å². The number of hydrogen-bond acceptors (Lipinski definition) is 2. The van der Waals surface area contributed by atoms with Gasteiger partial charge in [-0.05, 0) is 34.5 Å². The van der Waals surface area contributed by atoms with Crippen molar-refractivity contribution in [3.8, 4) is 0 Å². The van der Waals surface area contributed by atoms with Crippen LogP contribution in [0.2, 0.25) is 0 Å². The van der Waals surface area contributed by atoms with Crippen LogP contribution in [-0.2, 0) is 9.53 Å². The molecule has 1 aliphatic carbocycles. The number of benzene rings is 3. The molecule has 3 aromatic carbocycles. The summed E-state index contributed by atoms with van der Waals surface area (Å²) in [6, 6.07) is 32.5. The van der Waals surface area contributed by atoms with Gasteiger partial charge in [-0.1, -0.05) is 115 Å². The van der Waals surface area contributed by atoms with Gasteiger partial charge in [0.1, 0.15) is 0 Å². The maximum atomic E-state index is 12.0. The lowest BCUT2D eigenvalue weighted by molar-refractivity contribution is -0.140. The third kappa shape index (κ3) is 4.22. The first-order chi connectivity index (χ1) is 15.3. The minimum absolute atomic E-state index is 0.162. The third-order valence-electron chi connectivity index (χ3n) is 5.81. The van der Waals surface area contributed by atoms with Gasteiger partial charge in [-0.2, -0.15) is 0 Å². The summed E-state index contributed by atoms with van der Waals surface area (Å²) in [5.74, 6) is 0.00317. The molecule has 0 amide bonds. The third-order valence-corrected chi connectivity index (χ3v) is 10.3. The fourth-order valence-corrected chi connectivity index (χ4v) is 9.07. The van der Waals surface area contributed by atoms with Gasteiger partial charge >= 0.3 is 5.97 Å². The lowest BCUT2D eigenvalue weighted by Crippen LogP contribution is -2.33. The zero-order valence-electron chi connectivity index (χ0n) is 17.7. The van der Waals surface area contributed by atoms with Crippen LogP contribution in [0.25, 0.3) is 0 Å². The highest BCUT2D eigenvalue weighted by Crippen LogP contribution is 2.49. The Morgan fingerprint density at radius 3 is 1.71 bits per heavy atom. The first kappa shape index (κ1) is 21.2. The summed E-state index contributed by atoms with van der Waals surface area (Å²) in [6.07, 6.45) is 9.89. The van der Waals surface area contributed by atoms with Crippen LogP contribution >= 0.6 is 6.89 Å². The van der Waals surface area contributed by atoms with Gasteiger partial charge in [-0.3, -0.25) is 4.79 Å². The fourth-order valence-electron chi connectivity index (χ4n) is 4.40. The zero-order valence-corrected chi connectivity index (χ0v) is 18.6. The summed E-state index contributed by atoms with van der Waals surface area (Å²) in [5.41, 5.74) is 0. The number of carbonyl (C=O) groups excluding carboxylic acids is 1. The van der Waals surface area contributed by atoms with Crippen molar-refractivity contribution in [2.24, 2.45) is 5.92 Å². The van der Waals surface area contributed by atoms with Crippen LogP contribution in [0.1, 0.15) is 12.8 Å². The average molecular weight is 426 g/mol. The summed E-state index contributed by atoms with van der Waals surface area (Å²) in [7, 11) is 1.46. The van der Waals surface area contributed by atoms with Gasteiger partial charge < -0.3 is 4.74 Å². The van der Waals surface area contributed by atoms with Crippen LogP contribution in [-0.4, -0.2) is 18.4 Å². The van der Waals surface area contributed by atoms with Crippen molar-refractivity contribution in [3.05, 3.63) is 115 Å². The van der Waals surface area contributed by atoms with E-state index in [0.717, 1.165) is 6.42 Å². The van der Waals surface area contributed by atoms with Crippen molar-refractivity contribution >= 4 is 34.1 Å². The number of hydrogen-bond donors (Lipinski definition) is 0.